The maximum absolute atomic E-state index is 15.7. The number of carbonyl (C=O) groups excluding carboxylic acids is 2. The minimum absolute atomic E-state index is 0.0476. The number of aromatic nitrogens is 3. The number of likely N-dealkylation sites (tertiary alicyclic amines) is 2. The summed E-state index contributed by atoms with van der Waals surface area (Å²) in [5.74, 6) is 0.683. The van der Waals surface area contributed by atoms with E-state index in [4.69, 9.17) is 20.2 Å². The molecule has 3 aromatic heterocycles. The van der Waals surface area contributed by atoms with Crippen molar-refractivity contribution in [2.75, 3.05) is 70.6 Å². The zero-order valence-corrected chi connectivity index (χ0v) is 39.7. The summed E-state index contributed by atoms with van der Waals surface area (Å²) in [4.78, 5) is 46.7. The molecule has 1 spiro atoms. The number of hydrogen-bond acceptors (Lipinski definition) is 12. The molecule has 4 fully saturated rings. The Morgan fingerprint density at radius 3 is 2.45 bits per heavy atom. The summed E-state index contributed by atoms with van der Waals surface area (Å²) >= 11 is 0. The lowest BCUT2D eigenvalue weighted by molar-refractivity contribution is -0.134. The number of nitrogens with zero attached hydrogens (tertiary/aromatic N) is 6. The number of halogens is 1. The molecule has 4 N–H and O–H groups in total. The van der Waals surface area contributed by atoms with Crippen molar-refractivity contribution in [2.45, 2.75) is 93.8 Å². The van der Waals surface area contributed by atoms with Gasteiger partial charge in [0.05, 0.1) is 23.3 Å². The van der Waals surface area contributed by atoms with Crippen LogP contribution < -0.4 is 24.8 Å². The number of carbonyl (C=O) groups is 2. The summed E-state index contributed by atoms with van der Waals surface area (Å²) in [5.41, 5.74) is 8.31. The normalized spacial score (nSPS) is 19.8. The van der Waals surface area contributed by atoms with Gasteiger partial charge in [0.15, 0.2) is 0 Å². The Bertz CT molecular complexity index is 2720. The Balaban J connectivity index is 0.859. The predicted molar refractivity (Wildman–Crippen MR) is 256 cm³/mol. The molecule has 3 saturated heterocycles. The Morgan fingerprint density at radius 2 is 1.72 bits per heavy atom. The summed E-state index contributed by atoms with van der Waals surface area (Å²) < 4.78 is 57.4. The van der Waals surface area contributed by atoms with E-state index >= 15 is 4.39 Å². The van der Waals surface area contributed by atoms with E-state index in [-0.39, 0.29) is 78.1 Å². The molecule has 15 nitrogen and oxygen atoms in total. The lowest BCUT2D eigenvalue weighted by Gasteiger charge is -2.56. The quantitative estimate of drug-likeness (QED) is 0.0940. The number of nitrogens with one attached hydrogen (secondary N) is 2. The number of H-pyrrole nitrogens is 1. The maximum atomic E-state index is 15.7. The van der Waals surface area contributed by atoms with Gasteiger partial charge < -0.3 is 34.9 Å². The number of piperidine rings is 2. The molecule has 356 valence electrons. The van der Waals surface area contributed by atoms with Gasteiger partial charge in [0, 0.05) is 75.0 Å². The van der Waals surface area contributed by atoms with Crippen molar-refractivity contribution < 1.29 is 31.9 Å². The third-order valence-corrected chi connectivity index (χ3v) is 15.7. The fraction of sp³-hybridized carbons (Fsp3) is 0.480. The van der Waals surface area contributed by atoms with Gasteiger partial charge in [0.25, 0.3) is 15.9 Å². The fourth-order valence-electron chi connectivity index (χ4n) is 10.6. The van der Waals surface area contributed by atoms with Gasteiger partial charge in [-0.15, -0.1) is 0 Å². The van der Waals surface area contributed by atoms with Crippen LogP contribution in [0.2, 0.25) is 0 Å². The van der Waals surface area contributed by atoms with Crippen molar-refractivity contribution in [1.82, 2.24) is 34.4 Å². The number of likely N-dealkylation sites (N-methyl/N-ethyl adjacent to an activating group) is 1. The Kier molecular flexibility index (Phi) is 12.9. The second-order valence-corrected chi connectivity index (χ2v) is 21.3. The molecule has 1 saturated carbocycles. The SMILES string of the molecule is CC(C)c1ccccc1C1CCCN1C1CC2(CCN(c3cc(Oc4cnc5[nH]ccc5c4)c(C(=O)NS(=O)(=O)c4ccc(OCC5(F)CCN(C(=O)CN(C)C)CC5)c(N)c4)cn3)CC2)C1. The molecule has 67 heavy (non-hydrogen) atoms. The number of fused-ring (bicyclic) bond motifs is 1. The van der Waals surface area contributed by atoms with E-state index in [0.29, 0.717) is 35.2 Å². The number of nitrogen functional groups attached to an aromatic ring is 1. The largest absolute Gasteiger partial charge is 0.488 e. The van der Waals surface area contributed by atoms with Crippen LogP contribution in [-0.2, 0) is 14.8 Å². The Labute approximate surface area is 392 Å². The highest BCUT2D eigenvalue weighted by Gasteiger charge is 2.50. The van der Waals surface area contributed by atoms with Gasteiger partial charge in [-0.25, -0.2) is 27.5 Å². The van der Waals surface area contributed by atoms with Crippen molar-refractivity contribution in [2.24, 2.45) is 5.41 Å². The molecule has 4 aliphatic rings. The summed E-state index contributed by atoms with van der Waals surface area (Å²) in [6, 6.07) is 19.1. The highest BCUT2D eigenvalue weighted by molar-refractivity contribution is 7.90. The van der Waals surface area contributed by atoms with Crippen LogP contribution in [0.15, 0.2) is 84.1 Å². The molecule has 6 heterocycles. The zero-order valence-electron chi connectivity index (χ0n) is 38.8. The number of hydrogen-bond donors (Lipinski definition) is 3. The summed E-state index contributed by atoms with van der Waals surface area (Å²) in [5, 5.41) is 0.800. The fourth-order valence-corrected chi connectivity index (χ4v) is 11.6. The average molecular weight is 936 g/mol. The van der Waals surface area contributed by atoms with Crippen molar-refractivity contribution in [3.63, 3.8) is 0 Å². The average Bonchev–Trinajstić information content (AvgIpc) is 3.98. The first-order valence-corrected chi connectivity index (χ1v) is 25.0. The van der Waals surface area contributed by atoms with Crippen LogP contribution in [0, 0.1) is 5.41 Å². The number of pyridine rings is 2. The van der Waals surface area contributed by atoms with Gasteiger partial charge in [0.1, 0.15) is 46.6 Å². The number of aromatic amines is 1. The second kappa shape index (κ2) is 18.7. The van der Waals surface area contributed by atoms with Gasteiger partial charge in [-0.2, -0.15) is 0 Å². The third kappa shape index (κ3) is 9.95. The van der Waals surface area contributed by atoms with Crippen LogP contribution in [0.1, 0.15) is 98.7 Å². The molecule has 1 atom stereocenters. The van der Waals surface area contributed by atoms with E-state index in [1.807, 2.05) is 6.07 Å². The van der Waals surface area contributed by atoms with Crippen molar-refractivity contribution in [1.29, 1.82) is 0 Å². The number of ether oxygens (including phenoxy) is 2. The highest BCUT2D eigenvalue weighted by Crippen LogP contribution is 2.54. The predicted octanol–water partition coefficient (Wildman–Crippen LogP) is 7.43. The summed E-state index contributed by atoms with van der Waals surface area (Å²) in [7, 11) is -0.859. The van der Waals surface area contributed by atoms with Crippen LogP contribution in [0.4, 0.5) is 15.9 Å². The third-order valence-electron chi connectivity index (χ3n) is 14.4. The van der Waals surface area contributed by atoms with Crippen molar-refractivity contribution in [3.05, 3.63) is 95.9 Å². The molecule has 17 heteroatoms. The molecular formula is C50H62FN9O6S. The highest BCUT2D eigenvalue weighted by atomic mass is 32.2. The van der Waals surface area contributed by atoms with E-state index in [2.05, 4.69) is 62.6 Å². The van der Waals surface area contributed by atoms with E-state index < -0.39 is 21.6 Å². The van der Waals surface area contributed by atoms with Gasteiger partial charge in [-0.3, -0.25) is 14.5 Å². The standard InChI is InChI=1S/C50H62FN9O6S/c1-33(2)38-8-5-6-9-39(38)42-10-7-19-60(42)35-27-49(28-35)14-20-58(21-15-49)45-26-44(66-36-24-34-13-18-53-47(34)55-29-36)40(30-54-45)48(62)56-67(63,64)37-11-12-43(41(52)25-37)65-32-50(51)16-22-59(23-17-50)46(61)31-57(3)4/h5-6,8-9,11-13,18,24-26,29-30,33,35,42H,7,10,14-17,19-23,27-28,31-32,52H2,1-4H3,(H,53,55)(H,56,62). The van der Waals surface area contributed by atoms with Crippen LogP contribution in [0.5, 0.6) is 17.2 Å². The molecule has 1 unspecified atom stereocenters. The first-order chi connectivity index (χ1) is 32.1. The lowest BCUT2D eigenvalue weighted by Crippen LogP contribution is -2.55. The minimum Gasteiger partial charge on any atom is -0.488 e. The number of rotatable bonds is 14. The number of sulfonamides is 1. The van der Waals surface area contributed by atoms with Gasteiger partial charge in [0.2, 0.25) is 5.91 Å². The van der Waals surface area contributed by atoms with E-state index in [0.717, 1.165) is 43.9 Å². The van der Waals surface area contributed by atoms with E-state index in [1.54, 1.807) is 42.2 Å². The van der Waals surface area contributed by atoms with E-state index in [9.17, 15) is 18.0 Å². The minimum atomic E-state index is -4.47. The molecule has 2 amide bonds. The smallest absolute Gasteiger partial charge is 0.270 e. The molecule has 1 aliphatic carbocycles. The molecule has 5 aromatic rings. The summed E-state index contributed by atoms with van der Waals surface area (Å²) in [6.45, 7) is 7.75. The Hall–Kier alpha value is -5.78. The Morgan fingerprint density at radius 1 is 0.955 bits per heavy atom. The van der Waals surface area contributed by atoms with Crippen molar-refractivity contribution >= 4 is 44.4 Å². The topological polar surface area (TPSA) is 179 Å². The molecular weight excluding hydrogens is 874 g/mol. The van der Waals surface area contributed by atoms with Crippen LogP contribution in [0.3, 0.4) is 0 Å². The number of alkyl halides is 1. The molecule has 0 radical (unpaired) electrons. The van der Waals surface area contributed by atoms with Gasteiger partial charge in [-0.1, -0.05) is 38.1 Å². The molecule has 9 rings (SSSR count). The molecule has 2 aromatic carbocycles. The first kappa shape index (κ1) is 46.3. The van der Waals surface area contributed by atoms with Gasteiger partial charge >= 0.3 is 0 Å². The number of nitrogens with two attached hydrogens (primary N) is 1. The second-order valence-electron chi connectivity index (χ2n) is 19.6. The lowest BCUT2D eigenvalue weighted by atomic mass is 9.60. The monoisotopic (exact) mass is 935 g/mol. The zero-order chi connectivity index (χ0) is 47.1. The molecule has 0 bridgehead atoms. The molecule has 3 aliphatic heterocycles. The number of anilines is 2. The van der Waals surface area contributed by atoms with E-state index in [1.165, 1.54) is 61.3 Å². The number of amides is 2. The van der Waals surface area contributed by atoms with Crippen LogP contribution >= 0.6 is 0 Å². The van der Waals surface area contributed by atoms with Crippen LogP contribution in [0.25, 0.3) is 11.0 Å². The van der Waals surface area contributed by atoms with Crippen LogP contribution in [-0.4, -0.2) is 122 Å². The van der Waals surface area contributed by atoms with Crippen molar-refractivity contribution in [3.8, 4) is 17.2 Å². The summed E-state index contributed by atoms with van der Waals surface area (Å²) in [6.07, 6.45) is 11.7. The maximum Gasteiger partial charge on any atom is 0.270 e. The first-order valence-electron chi connectivity index (χ1n) is 23.5. The van der Waals surface area contributed by atoms with Gasteiger partial charge in [-0.05, 0) is 112 Å². The number of benzene rings is 2.